The second-order valence-corrected chi connectivity index (χ2v) is 5.63. The van der Waals surface area contributed by atoms with Crippen molar-refractivity contribution in [1.82, 2.24) is 0 Å². The predicted octanol–water partition coefficient (Wildman–Crippen LogP) is 1.88. The number of ketones is 1. The Morgan fingerprint density at radius 3 is 2.54 bits per heavy atom. The molecular weight excluding hydrogens is 184 g/mol. The van der Waals surface area contributed by atoms with Crippen LogP contribution in [0.15, 0.2) is 0 Å². The van der Waals surface area contributed by atoms with Crippen LogP contribution in [-0.4, -0.2) is 30.0 Å². The van der Waals surface area contributed by atoms with E-state index in [1.165, 1.54) is 12.8 Å². The average molecular weight is 200 g/mol. The van der Waals surface area contributed by atoms with E-state index < -0.39 is 0 Å². The summed E-state index contributed by atoms with van der Waals surface area (Å²) < 4.78 is 4.89. The van der Waals surface area contributed by atoms with Gasteiger partial charge in [0.05, 0.1) is 0 Å². The van der Waals surface area contributed by atoms with Crippen LogP contribution < -0.4 is 0 Å². The number of carbonyl (C=O) groups excluding carboxylic acids is 1. The minimum atomic E-state index is 0.304. The van der Waals surface area contributed by atoms with Crippen LogP contribution in [0.1, 0.15) is 25.7 Å². The van der Waals surface area contributed by atoms with Crippen molar-refractivity contribution in [2.24, 2.45) is 5.92 Å². The van der Waals surface area contributed by atoms with Gasteiger partial charge < -0.3 is 4.74 Å². The fourth-order valence-corrected chi connectivity index (χ4v) is 4.16. The summed E-state index contributed by atoms with van der Waals surface area (Å²) in [5.41, 5.74) is 0. The van der Waals surface area contributed by atoms with Gasteiger partial charge in [0.2, 0.25) is 0 Å². The number of fused-ring (bicyclic) bond motifs is 2. The Morgan fingerprint density at radius 2 is 2.00 bits per heavy atom. The molecule has 2 bridgehead atoms. The molecule has 2 fully saturated rings. The van der Waals surface area contributed by atoms with E-state index in [4.69, 9.17) is 4.74 Å². The van der Waals surface area contributed by atoms with Gasteiger partial charge in [0.25, 0.3) is 0 Å². The maximum absolute atomic E-state index is 11.6. The van der Waals surface area contributed by atoms with Crippen molar-refractivity contribution in [2.75, 3.05) is 13.7 Å². The maximum Gasteiger partial charge on any atom is 0.161 e. The van der Waals surface area contributed by atoms with Gasteiger partial charge in [-0.25, -0.2) is 0 Å². The van der Waals surface area contributed by atoms with Crippen molar-refractivity contribution < 1.29 is 9.53 Å². The van der Waals surface area contributed by atoms with E-state index in [0.717, 1.165) is 23.3 Å². The van der Waals surface area contributed by atoms with Gasteiger partial charge >= 0.3 is 0 Å². The molecule has 0 N–H and O–H groups in total. The standard InChI is InChI=1S/C10H16O2S/c1-12-6-10(11)7-4-8-2-3-9(5-7)13-8/h7-9H,2-6H2,1H3. The number of methoxy groups -OCH3 is 1. The molecule has 0 saturated carbocycles. The quantitative estimate of drug-likeness (QED) is 0.695. The van der Waals surface area contributed by atoms with E-state index in [1.807, 2.05) is 0 Å². The van der Waals surface area contributed by atoms with E-state index in [9.17, 15) is 4.79 Å². The summed E-state index contributed by atoms with van der Waals surface area (Å²) in [4.78, 5) is 11.6. The van der Waals surface area contributed by atoms with Crippen LogP contribution in [0.25, 0.3) is 0 Å². The number of rotatable bonds is 3. The number of thioether (sulfide) groups is 1. The number of hydrogen-bond donors (Lipinski definition) is 0. The van der Waals surface area contributed by atoms with E-state index in [0.29, 0.717) is 18.3 Å². The van der Waals surface area contributed by atoms with Crippen molar-refractivity contribution >= 4 is 17.5 Å². The third-order valence-electron chi connectivity index (χ3n) is 3.03. The monoisotopic (exact) mass is 200 g/mol. The smallest absolute Gasteiger partial charge is 0.161 e. The van der Waals surface area contributed by atoms with Crippen LogP contribution in [0.5, 0.6) is 0 Å². The van der Waals surface area contributed by atoms with Crippen molar-refractivity contribution in [1.29, 1.82) is 0 Å². The molecule has 74 valence electrons. The normalized spacial score (nSPS) is 37.8. The summed E-state index contributed by atoms with van der Waals surface area (Å²) in [5.74, 6) is 0.624. The Labute approximate surface area is 83.4 Å². The molecule has 2 unspecified atom stereocenters. The third kappa shape index (κ3) is 2.08. The maximum atomic E-state index is 11.6. The van der Waals surface area contributed by atoms with Crippen LogP contribution in [0, 0.1) is 5.92 Å². The molecular formula is C10H16O2S. The lowest BCUT2D eigenvalue weighted by Gasteiger charge is -2.25. The zero-order valence-corrected chi connectivity index (χ0v) is 8.81. The zero-order chi connectivity index (χ0) is 9.26. The summed E-state index contributed by atoms with van der Waals surface area (Å²) in [7, 11) is 1.60. The second kappa shape index (κ2) is 4.01. The first-order chi connectivity index (χ1) is 6.29. The Balaban J connectivity index is 1.91. The molecule has 2 aliphatic rings. The molecule has 0 aliphatic carbocycles. The average Bonchev–Trinajstić information content (AvgIpc) is 2.46. The molecule has 0 aromatic heterocycles. The molecule has 2 nitrogen and oxygen atoms in total. The van der Waals surface area contributed by atoms with Gasteiger partial charge in [0.1, 0.15) is 6.61 Å². The van der Waals surface area contributed by atoms with E-state index in [2.05, 4.69) is 11.8 Å². The second-order valence-electron chi connectivity index (χ2n) is 4.03. The van der Waals surface area contributed by atoms with Crippen molar-refractivity contribution in [2.45, 2.75) is 36.2 Å². The minimum Gasteiger partial charge on any atom is -0.377 e. The highest BCUT2D eigenvalue weighted by Crippen LogP contribution is 2.45. The largest absolute Gasteiger partial charge is 0.377 e. The topological polar surface area (TPSA) is 26.3 Å². The lowest BCUT2D eigenvalue weighted by Crippen LogP contribution is -2.27. The van der Waals surface area contributed by atoms with Crippen molar-refractivity contribution in [3.05, 3.63) is 0 Å². The van der Waals surface area contributed by atoms with Gasteiger partial charge in [0.15, 0.2) is 5.78 Å². The molecule has 13 heavy (non-hydrogen) atoms. The summed E-state index contributed by atoms with van der Waals surface area (Å²) in [6.45, 7) is 0.314. The lowest BCUT2D eigenvalue weighted by molar-refractivity contribution is -0.126. The van der Waals surface area contributed by atoms with Crippen molar-refractivity contribution in [3.63, 3.8) is 0 Å². The molecule has 2 rings (SSSR count). The van der Waals surface area contributed by atoms with Gasteiger partial charge in [-0.3, -0.25) is 4.79 Å². The summed E-state index contributed by atoms with van der Waals surface area (Å²) in [5, 5.41) is 1.54. The highest BCUT2D eigenvalue weighted by Gasteiger charge is 2.37. The number of ether oxygens (including phenoxy) is 1. The zero-order valence-electron chi connectivity index (χ0n) is 7.99. The Hall–Kier alpha value is -0.0200. The molecule has 0 amide bonds. The molecule has 0 radical (unpaired) electrons. The molecule has 3 heteroatoms. The Bertz CT molecular complexity index is 193. The van der Waals surface area contributed by atoms with Gasteiger partial charge in [0, 0.05) is 23.5 Å². The van der Waals surface area contributed by atoms with E-state index >= 15 is 0 Å². The molecule has 2 atom stereocenters. The first-order valence-electron chi connectivity index (χ1n) is 4.96. The molecule has 0 aromatic rings. The predicted molar refractivity (Wildman–Crippen MR) is 54.0 cm³/mol. The highest BCUT2D eigenvalue weighted by atomic mass is 32.2. The van der Waals surface area contributed by atoms with Gasteiger partial charge in [-0.1, -0.05) is 0 Å². The highest BCUT2D eigenvalue weighted by molar-refractivity contribution is 8.00. The van der Waals surface area contributed by atoms with Crippen LogP contribution in [0.2, 0.25) is 0 Å². The molecule has 2 aliphatic heterocycles. The van der Waals surface area contributed by atoms with Crippen LogP contribution in [-0.2, 0) is 9.53 Å². The fraction of sp³-hybridized carbons (Fsp3) is 0.900. The van der Waals surface area contributed by atoms with Gasteiger partial charge in [-0.2, -0.15) is 11.8 Å². The SMILES string of the molecule is COCC(=O)C1CC2CCC(C1)S2. The van der Waals surface area contributed by atoms with Gasteiger partial charge in [-0.15, -0.1) is 0 Å². The number of hydrogen-bond acceptors (Lipinski definition) is 3. The summed E-state index contributed by atoms with van der Waals surface area (Å²) in [6, 6.07) is 0. The third-order valence-corrected chi connectivity index (χ3v) is 4.66. The molecule has 2 saturated heterocycles. The molecule has 0 spiro atoms. The van der Waals surface area contributed by atoms with Crippen LogP contribution in [0.3, 0.4) is 0 Å². The molecule has 0 aromatic carbocycles. The summed E-state index contributed by atoms with van der Waals surface area (Å²) in [6.07, 6.45) is 4.85. The fourth-order valence-electron chi connectivity index (χ4n) is 2.38. The Kier molecular flexibility index (Phi) is 2.94. The number of carbonyl (C=O) groups is 1. The Morgan fingerprint density at radius 1 is 1.38 bits per heavy atom. The van der Waals surface area contributed by atoms with Gasteiger partial charge in [-0.05, 0) is 25.7 Å². The first kappa shape index (κ1) is 9.53. The van der Waals surface area contributed by atoms with Crippen LogP contribution in [0.4, 0.5) is 0 Å². The van der Waals surface area contributed by atoms with Crippen LogP contribution >= 0.6 is 11.8 Å². The van der Waals surface area contributed by atoms with E-state index in [-0.39, 0.29) is 0 Å². The number of Topliss-reactive ketones (excluding diaryl/α,β-unsaturated/α-hetero) is 1. The molecule has 2 heterocycles. The minimum absolute atomic E-state index is 0.304. The van der Waals surface area contributed by atoms with E-state index in [1.54, 1.807) is 7.11 Å². The first-order valence-corrected chi connectivity index (χ1v) is 5.91. The lowest BCUT2D eigenvalue weighted by atomic mass is 9.95. The summed E-state index contributed by atoms with van der Waals surface area (Å²) >= 11 is 2.10. The van der Waals surface area contributed by atoms with Crippen molar-refractivity contribution in [3.8, 4) is 0 Å².